The van der Waals surface area contributed by atoms with Crippen LogP contribution < -0.4 is 10.1 Å². The van der Waals surface area contributed by atoms with Gasteiger partial charge in [0.25, 0.3) is 0 Å². The zero-order chi connectivity index (χ0) is 9.68. The van der Waals surface area contributed by atoms with Crippen LogP contribution in [0.4, 0.5) is 0 Å². The zero-order valence-electron chi connectivity index (χ0n) is 7.71. The number of alkyl halides is 1. The summed E-state index contributed by atoms with van der Waals surface area (Å²) in [5.41, 5.74) is 0. The van der Waals surface area contributed by atoms with E-state index in [1.807, 2.05) is 6.07 Å². The molecule has 0 aliphatic carbocycles. The number of halogens is 1. The van der Waals surface area contributed by atoms with Gasteiger partial charge < -0.3 is 10.1 Å². The van der Waals surface area contributed by atoms with Gasteiger partial charge in [-0.15, -0.1) is 11.6 Å². The van der Waals surface area contributed by atoms with Crippen molar-refractivity contribution < 1.29 is 4.74 Å². The molecule has 0 saturated heterocycles. The fourth-order valence-corrected chi connectivity index (χ4v) is 1.77. The molecular formula is C8H13ClN2OS. The minimum Gasteiger partial charge on any atom is -0.480 e. The van der Waals surface area contributed by atoms with E-state index in [9.17, 15) is 0 Å². The van der Waals surface area contributed by atoms with E-state index in [0.29, 0.717) is 17.8 Å². The Balaban J connectivity index is 2.50. The molecule has 0 bridgehead atoms. The minimum absolute atomic E-state index is 0.292. The molecule has 74 valence electrons. The second-order valence-electron chi connectivity index (χ2n) is 2.64. The maximum Gasteiger partial charge on any atom is 0.225 e. The molecule has 1 rings (SSSR count). The third-order valence-electron chi connectivity index (χ3n) is 1.69. The molecule has 0 aromatic carbocycles. The molecule has 0 aliphatic heterocycles. The summed E-state index contributed by atoms with van der Waals surface area (Å²) >= 11 is 7.02. The van der Waals surface area contributed by atoms with Crippen molar-refractivity contribution in [1.82, 2.24) is 9.69 Å². The molecule has 1 atom stereocenters. The number of hydrogen-bond donors (Lipinski definition) is 1. The van der Waals surface area contributed by atoms with Crippen LogP contribution in [-0.2, 0) is 0 Å². The van der Waals surface area contributed by atoms with E-state index < -0.39 is 0 Å². The third kappa shape index (κ3) is 3.14. The fourth-order valence-electron chi connectivity index (χ4n) is 0.944. The molecule has 1 aromatic rings. The lowest BCUT2D eigenvalue weighted by atomic mass is 10.3. The number of aromatic nitrogens is 1. The quantitative estimate of drug-likeness (QED) is 0.772. The lowest BCUT2D eigenvalue weighted by molar-refractivity contribution is 0.402. The second kappa shape index (κ2) is 5.42. The summed E-state index contributed by atoms with van der Waals surface area (Å²) in [5, 5.41) is 3.27. The molecule has 0 fully saturated rings. The topological polar surface area (TPSA) is 34.1 Å². The van der Waals surface area contributed by atoms with Crippen molar-refractivity contribution in [2.24, 2.45) is 0 Å². The van der Waals surface area contributed by atoms with Crippen molar-refractivity contribution in [2.75, 3.05) is 19.5 Å². The predicted octanol–water partition coefficient (Wildman–Crippen LogP) is 2.04. The Hall–Kier alpha value is -0.320. The van der Waals surface area contributed by atoms with Crippen LogP contribution in [0.15, 0.2) is 6.07 Å². The van der Waals surface area contributed by atoms with Crippen LogP contribution in [0.25, 0.3) is 0 Å². The first-order valence-corrected chi connectivity index (χ1v) is 5.38. The van der Waals surface area contributed by atoms with Gasteiger partial charge >= 0.3 is 0 Å². The summed E-state index contributed by atoms with van der Waals surface area (Å²) < 4.78 is 9.11. The van der Waals surface area contributed by atoms with Gasteiger partial charge in [-0.3, -0.25) is 0 Å². The Morgan fingerprint density at radius 1 is 1.77 bits per heavy atom. The van der Waals surface area contributed by atoms with Crippen molar-refractivity contribution in [3.05, 3.63) is 10.9 Å². The lowest BCUT2D eigenvalue weighted by Crippen LogP contribution is -2.19. The normalized spacial score (nSPS) is 12.8. The highest BCUT2D eigenvalue weighted by Gasteiger charge is 2.08. The van der Waals surface area contributed by atoms with Gasteiger partial charge in [0.05, 0.1) is 7.11 Å². The average molecular weight is 221 g/mol. The summed E-state index contributed by atoms with van der Waals surface area (Å²) in [6.45, 7) is 2.89. The highest BCUT2D eigenvalue weighted by molar-refractivity contribution is 7.06. The molecule has 13 heavy (non-hydrogen) atoms. The first kappa shape index (κ1) is 10.8. The maximum atomic E-state index is 5.57. The maximum absolute atomic E-state index is 5.57. The van der Waals surface area contributed by atoms with E-state index in [1.54, 1.807) is 7.11 Å². The van der Waals surface area contributed by atoms with Crippen molar-refractivity contribution in [3.63, 3.8) is 0 Å². The number of hydrogen-bond acceptors (Lipinski definition) is 4. The lowest BCUT2D eigenvalue weighted by Gasteiger charge is -2.08. The first-order valence-electron chi connectivity index (χ1n) is 4.08. The minimum atomic E-state index is 0.292. The van der Waals surface area contributed by atoms with E-state index in [0.717, 1.165) is 6.54 Å². The van der Waals surface area contributed by atoms with Gasteiger partial charge in [-0.1, -0.05) is 0 Å². The monoisotopic (exact) mass is 220 g/mol. The van der Waals surface area contributed by atoms with E-state index >= 15 is 0 Å². The zero-order valence-corrected chi connectivity index (χ0v) is 9.28. The molecule has 1 aromatic heterocycles. The molecule has 1 unspecified atom stereocenters. The molecule has 0 spiro atoms. The van der Waals surface area contributed by atoms with Crippen LogP contribution >= 0.6 is 23.1 Å². The Bertz CT molecular complexity index is 254. The highest BCUT2D eigenvalue weighted by atomic mass is 35.5. The molecular weight excluding hydrogens is 208 g/mol. The molecule has 0 radical (unpaired) electrons. The molecule has 1 N–H and O–H groups in total. The number of methoxy groups -OCH3 is 1. The van der Waals surface area contributed by atoms with Gasteiger partial charge in [0.15, 0.2) is 0 Å². The second-order valence-corrected chi connectivity index (χ2v) is 3.85. The molecule has 0 amide bonds. The van der Waals surface area contributed by atoms with Gasteiger partial charge in [-0.05, 0) is 18.5 Å². The predicted molar refractivity (Wildman–Crippen MR) is 55.8 cm³/mol. The van der Waals surface area contributed by atoms with Crippen molar-refractivity contribution in [2.45, 2.75) is 13.0 Å². The van der Waals surface area contributed by atoms with Gasteiger partial charge in [0.2, 0.25) is 5.88 Å². The molecule has 1 heterocycles. The van der Waals surface area contributed by atoms with Gasteiger partial charge in [0.1, 0.15) is 0 Å². The summed E-state index contributed by atoms with van der Waals surface area (Å²) in [5.74, 6) is 1.31. The van der Waals surface area contributed by atoms with Crippen LogP contribution in [0, 0.1) is 0 Å². The largest absolute Gasteiger partial charge is 0.480 e. The smallest absolute Gasteiger partial charge is 0.225 e. The fraction of sp³-hybridized carbons (Fsp3) is 0.625. The van der Waals surface area contributed by atoms with Crippen LogP contribution in [0.3, 0.4) is 0 Å². The molecule has 5 heteroatoms. The highest BCUT2D eigenvalue weighted by Crippen LogP contribution is 2.22. The van der Waals surface area contributed by atoms with E-state index in [2.05, 4.69) is 16.6 Å². The van der Waals surface area contributed by atoms with E-state index in [1.165, 1.54) is 16.4 Å². The van der Waals surface area contributed by atoms with Crippen LogP contribution in [0.2, 0.25) is 0 Å². The molecule has 3 nitrogen and oxygen atoms in total. The van der Waals surface area contributed by atoms with Crippen molar-refractivity contribution >= 4 is 23.1 Å². The Kier molecular flexibility index (Phi) is 4.48. The van der Waals surface area contributed by atoms with E-state index in [4.69, 9.17) is 16.3 Å². The Morgan fingerprint density at radius 2 is 2.54 bits per heavy atom. The molecule has 0 saturated carbocycles. The third-order valence-corrected chi connectivity index (χ3v) is 2.83. The first-order chi connectivity index (χ1) is 6.27. The number of ether oxygens (including phenoxy) is 1. The van der Waals surface area contributed by atoms with Gasteiger partial charge in [-0.2, -0.15) is 4.37 Å². The average Bonchev–Trinajstić information content (AvgIpc) is 2.62. The summed E-state index contributed by atoms with van der Waals surface area (Å²) in [7, 11) is 1.62. The summed E-state index contributed by atoms with van der Waals surface area (Å²) in [6.07, 6.45) is 0. The molecule has 0 aliphatic rings. The van der Waals surface area contributed by atoms with Crippen molar-refractivity contribution in [1.29, 1.82) is 0 Å². The van der Waals surface area contributed by atoms with Crippen LogP contribution in [0.1, 0.15) is 17.8 Å². The number of nitrogens with zero attached hydrogens (tertiary/aromatic N) is 1. The Labute approximate surface area is 87.2 Å². The van der Waals surface area contributed by atoms with E-state index in [-0.39, 0.29) is 0 Å². The summed E-state index contributed by atoms with van der Waals surface area (Å²) in [6, 6.07) is 2.23. The number of rotatable bonds is 5. The summed E-state index contributed by atoms with van der Waals surface area (Å²) in [4.78, 5) is 1.17. The van der Waals surface area contributed by atoms with Crippen molar-refractivity contribution in [3.8, 4) is 5.88 Å². The number of nitrogens with one attached hydrogen (secondary N) is 1. The van der Waals surface area contributed by atoms with Crippen LogP contribution in [-0.4, -0.2) is 23.9 Å². The standard InChI is InChI=1S/C8H13ClN2OS/c1-6(10-4-3-9)7-5-8(12-2)11-13-7/h5-6,10H,3-4H2,1-2H3. The van der Waals surface area contributed by atoms with Gasteiger partial charge in [-0.25, -0.2) is 0 Å². The SMILES string of the molecule is COc1cc(C(C)NCCCl)sn1. The van der Waals surface area contributed by atoms with Crippen LogP contribution in [0.5, 0.6) is 5.88 Å². The Morgan fingerprint density at radius 3 is 3.08 bits per heavy atom. The van der Waals surface area contributed by atoms with Gasteiger partial charge in [0, 0.05) is 29.4 Å².